The maximum absolute atomic E-state index is 12.8. The van der Waals surface area contributed by atoms with Crippen LogP contribution in [0.2, 0.25) is 5.02 Å². The fraction of sp³-hybridized carbons (Fsp3) is 0.273. The van der Waals surface area contributed by atoms with Crippen LogP contribution in [-0.2, 0) is 4.79 Å². The number of alkyl halides is 3. The second-order valence-corrected chi connectivity index (χ2v) is 4.27. The van der Waals surface area contributed by atoms with E-state index in [-0.39, 0.29) is 16.3 Å². The highest BCUT2D eigenvalue weighted by Crippen LogP contribution is 2.35. The van der Waals surface area contributed by atoms with Gasteiger partial charge >= 0.3 is 12.1 Å². The monoisotopic (exact) mass is 292 g/mol. The number of hydrogen-bond donors (Lipinski definition) is 2. The number of carboxylic acid groups (broad SMARTS) is 1. The van der Waals surface area contributed by atoms with Gasteiger partial charge in [-0.3, -0.25) is 0 Å². The van der Waals surface area contributed by atoms with E-state index < -0.39 is 17.7 Å². The molecule has 2 N–H and O–H groups in total. The zero-order chi connectivity index (χ0) is 14.8. The molecule has 1 aromatic rings. The molecule has 0 amide bonds. The summed E-state index contributed by atoms with van der Waals surface area (Å²) in [6, 6.07) is 5.25. The molecule has 0 aromatic heterocycles. The summed E-state index contributed by atoms with van der Waals surface area (Å²) in [4.78, 5) is 10.8. The van der Waals surface area contributed by atoms with Gasteiger partial charge in [-0.05, 0) is 25.1 Å². The van der Waals surface area contributed by atoms with E-state index in [1.165, 1.54) is 6.07 Å². The van der Waals surface area contributed by atoms with Crippen LogP contribution >= 0.6 is 11.6 Å². The van der Waals surface area contributed by atoms with Crippen molar-refractivity contribution in [1.82, 2.24) is 0 Å². The van der Waals surface area contributed by atoms with Gasteiger partial charge in [-0.1, -0.05) is 11.6 Å². The van der Waals surface area contributed by atoms with Gasteiger partial charge in [0.1, 0.15) is 0 Å². The number of nitriles is 1. The maximum atomic E-state index is 12.8. The van der Waals surface area contributed by atoms with Crippen LogP contribution in [0.3, 0.4) is 0 Å². The Morgan fingerprint density at radius 3 is 2.42 bits per heavy atom. The molecular weight excluding hydrogens is 285 g/mol. The largest absolute Gasteiger partial charge is 0.479 e. The summed E-state index contributed by atoms with van der Waals surface area (Å²) in [7, 11) is 0. The van der Waals surface area contributed by atoms with Gasteiger partial charge in [0.2, 0.25) is 5.54 Å². The van der Waals surface area contributed by atoms with E-state index in [1.54, 1.807) is 6.07 Å². The molecule has 1 aromatic carbocycles. The van der Waals surface area contributed by atoms with Crippen molar-refractivity contribution in [2.75, 3.05) is 5.32 Å². The molecule has 0 aliphatic carbocycles. The first kappa shape index (κ1) is 15.1. The van der Waals surface area contributed by atoms with Crippen LogP contribution in [0.4, 0.5) is 18.9 Å². The molecule has 19 heavy (non-hydrogen) atoms. The number of carbonyl (C=O) groups is 1. The number of aliphatic carboxylic acids is 1. The Balaban J connectivity index is 3.20. The Kier molecular flexibility index (Phi) is 3.96. The average Bonchev–Trinajstić information content (AvgIpc) is 2.29. The minimum absolute atomic E-state index is 0.152. The Morgan fingerprint density at radius 2 is 2.05 bits per heavy atom. The van der Waals surface area contributed by atoms with Gasteiger partial charge < -0.3 is 10.4 Å². The molecule has 1 unspecified atom stereocenters. The highest BCUT2D eigenvalue weighted by atomic mass is 35.5. The average molecular weight is 293 g/mol. The lowest BCUT2D eigenvalue weighted by molar-refractivity contribution is -0.192. The summed E-state index contributed by atoms with van der Waals surface area (Å²) >= 11 is 5.70. The van der Waals surface area contributed by atoms with Crippen LogP contribution in [-0.4, -0.2) is 22.8 Å². The second-order valence-electron chi connectivity index (χ2n) is 3.86. The second kappa shape index (κ2) is 4.97. The minimum atomic E-state index is -5.02. The molecule has 0 aliphatic heterocycles. The smallest absolute Gasteiger partial charge is 0.422 e. The topological polar surface area (TPSA) is 73.1 Å². The summed E-state index contributed by atoms with van der Waals surface area (Å²) in [6.45, 7) is 0.490. The SMILES string of the molecule is CC(Nc1ccc(C#N)cc1Cl)(C(=O)O)C(F)(F)F. The van der Waals surface area contributed by atoms with Crippen LogP contribution < -0.4 is 5.32 Å². The van der Waals surface area contributed by atoms with Gasteiger partial charge in [0.15, 0.2) is 0 Å². The van der Waals surface area contributed by atoms with Crippen molar-refractivity contribution < 1.29 is 23.1 Å². The van der Waals surface area contributed by atoms with Crippen LogP contribution in [0.25, 0.3) is 0 Å². The highest BCUT2D eigenvalue weighted by Gasteiger charge is 2.57. The van der Waals surface area contributed by atoms with Gasteiger partial charge in [-0.25, -0.2) is 4.79 Å². The number of rotatable bonds is 3. The zero-order valence-corrected chi connectivity index (χ0v) is 10.3. The van der Waals surface area contributed by atoms with Crippen molar-refractivity contribution >= 4 is 23.3 Å². The van der Waals surface area contributed by atoms with Crippen molar-refractivity contribution in [1.29, 1.82) is 5.26 Å². The minimum Gasteiger partial charge on any atom is -0.479 e. The molecule has 0 heterocycles. The zero-order valence-electron chi connectivity index (χ0n) is 9.55. The van der Waals surface area contributed by atoms with Crippen molar-refractivity contribution in [2.24, 2.45) is 0 Å². The third-order valence-electron chi connectivity index (χ3n) is 2.48. The molecule has 0 bridgehead atoms. The first-order valence-corrected chi connectivity index (χ1v) is 5.27. The third kappa shape index (κ3) is 2.90. The molecule has 0 radical (unpaired) electrons. The van der Waals surface area contributed by atoms with Crippen LogP contribution in [0.15, 0.2) is 18.2 Å². The highest BCUT2D eigenvalue weighted by molar-refractivity contribution is 6.33. The Morgan fingerprint density at radius 1 is 1.47 bits per heavy atom. The maximum Gasteiger partial charge on any atom is 0.422 e. The predicted octanol–water partition coefficient (Wildman–Crippen LogP) is 3.03. The van der Waals surface area contributed by atoms with Gasteiger partial charge in [-0.15, -0.1) is 0 Å². The molecule has 0 spiro atoms. The summed E-state index contributed by atoms with van der Waals surface area (Å²) in [5.41, 5.74) is -3.24. The van der Waals surface area contributed by atoms with E-state index in [9.17, 15) is 18.0 Å². The van der Waals surface area contributed by atoms with Crippen LogP contribution in [0, 0.1) is 11.3 Å². The molecule has 1 atom stereocenters. The van der Waals surface area contributed by atoms with Gasteiger partial charge in [0.25, 0.3) is 0 Å². The summed E-state index contributed by atoms with van der Waals surface area (Å²) in [5.74, 6) is -2.08. The Bertz CT molecular complexity index is 554. The van der Waals surface area contributed by atoms with E-state index in [2.05, 4.69) is 0 Å². The normalized spacial score (nSPS) is 14.3. The first-order valence-electron chi connectivity index (χ1n) is 4.90. The Labute approximate surface area is 111 Å². The number of hydrogen-bond acceptors (Lipinski definition) is 3. The third-order valence-corrected chi connectivity index (χ3v) is 2.79. The molecule has 0 saturated heterocycles. The fourth-order valence-corrected chi connectivity index (χ4v) is 1.43. The summed E-state index contributed by atoms with van der Waals surface area (Å²) in [6.07, 6.45) is -5.02. The number of anilines is 1. The summed E-state index contributed by atoms with van der Waals surface area (Å²) in [5, 5.41) is 19.0. The number of nitrogens with zero attached hydrogens (tertiary/aromatic N) is 1. The lowest BCUT2D eigenvalue weighted by Gasteiger charge is -2.30. The van der Waals surface area contributed by atoms with Gasteiger partial charge in [0.05, 0.1) is 22.3 Å². The molecule has 1 rings (SSSR count). The van der Waals surface area contributed by atoms with Crippen molar-refractivity contribution in [3.8, 4) is 6.07 Å². The predicted molar refractivity (Wildman–Crippen MR) is 61.9 cm³/mol. The van der Waals surface area contributed by atoms with Crippen molar-refractivity contribution in [2.45, 2.75) is 18.6 Å². The van der Waals surface area contributed by atoms with Crippen molar-refractivity contribution in [3.63, 3.8) is 0 Å². The van der Waals surface area contributed by atoms with E-state index in [0.717, 1.165) is 12.1 Å². The van der Waals surface area contributed by atoms with E-state index in [4.69, 9.17) is 22.0 Å². The van der Waals surface area contributed by atoms with Crippen LogP contribution in [0.1, 0.15) is 12.5 Å². The molecule has 0 aliphatic rings. The molecule has 102 valence electrons. The lowest BCUT2D eigenvalue weighted by Crippen LogP contribution is -2.55. The number of halogens is 4. The Hall–Kier alpha value is -1.94. The summed E-state index contributed by atoms with van der Waals surface area (Å²) < 4.78 is 38.3. The molecule has 0 fully saturated rings. The quantitative estimate of drug-likeness (QED) is 0.898. The molecule has 8 heteroatoms. The molecule has 4 nitrogen and oxygen atoms in total. The lowest BCUT2D eigenvalue weighted by atomic mass is 10.0. The molecular formula is C11H8ClF3N2O2. The fourth-order valence-electron chi connectivity index (χ4n) is 1.20. The van der Waals surface area contributed by atoms with E-state index >= 15 is 0 Å². The first-order chi connectivity index (χ1) is 8.61. The van der Waals surface area contributed by atoms with Gasteiger partial charge in [0, 0.05) is 0 Å². The van der Waals surface area contributed by atoms with E-state index in [1.807, 2.05) is 5.32 Å². The number of nitrogens with one attached hydrogen (secondary N) is 1. The molecule has 0 saturated carbocycles. The van der Waals surface area contributed by atoms with E-state index in [0.29, 0.717) is 6.92 Å². The van der Waals surface area contributed by atoms with Gasteiger partial charge in [-0.2, -0.15) is 18.4 Å². The van der Waals surface area contributed by atoms with Crippen LogP contribution in [0.5, 0.6) is 0 Å². The van der Waals surface area contributed by atoms with Crippen molar-refractivity contribution in [3.05, 3.63) is 28.8 Å². The standard InChI is InChI=1S/C11H8ClF3N2O2/c1-10(9(18)19,11(13,14)15)17-8-3-2-6(5-16)4-7(8)12/h2-4,17H,1H3,(H,18,19). The number of benzene rings is 1. The number of carboxylic acids is 1.